The number of nitrogens with zero attached hydrogens (tertiary/aromatic N) is 1. The number of esters is 3. The predicted octanol–water partition coefficient (Wildman–Crippen LogP) is 4.85. The Labute approximate surface area is 213 Å². The zero-order valence-corrected chi connectivity index (χ0v) is 21.1. The van der Waals surface area contributed by atoms with Crippen LogP contribution in [0.15, 0.2) is 53.9 Å². The molecule has 0 unspecified atom stereocenters. The van der Waals surface area contributed by atoms with Gasteiger partial charge in [0.15, 0.2) is 5.69 Å². The number of aryl methyl sites for hydroxylation is 2. The monoisotopic (exact) mass is 509 g/mol. The quantitative estimate of drug-likeness (QED) is 0.314. The van der Waals surface area contributed by atoms with Crippen molar-refractivity contribution in [3.8, 4) is 0 Å². The third-order valence-corrected chi connectivity index (χ3v) is 6.63. The molecule has 9 heteroatoms. The van der Waals surface area contributed by atoms with Gasteiger partial charge in [-0.25, -0.2) is 19.4 Å². The van der Waals surface area contributed by atoms with Gasteiger partial charge in [-0.15, -0.1) is 11.3 Å². The third kappa shape index (κ3) is 6.16. The maximum absolute atomic E-state index is 12.8. The van der Waals surface area contributed by atoms with E-state index in [9.17, 15) is 14.4 Å². The van der Waals surface area contributed by atoms with Crippen molar-refractivity contribution < 1.29 is 33.3 Å². The molecule has 2 aromatic carbocycles. The lowest BCUT2D eigenvalue weighted by molar-refractivity contribution is -0.0428. The Morgan fingerprint density at radius 2 is 1.53 bits per heavy atom. The first-order chi connectivity index (χ1) is 17.3. The van der Waals surface area contributed by atoms with Gasteiger partial charge in [0.2, 0.25) is 0 Å². The average molecular weight is 510 g/mol. The van der Waals surface area contributed by atoms with Crippen LogP contribution in [0, 0.1) is 13.8 Å². The smallest absolute Gasteiger partial charge is 0.357 e. The summed E-state index contributed by atoms with van der Waals surface area (Å²) in [6.07, 6.45) is -1.60. The maximum atomic E-state index is 12.8. The highest BCUT2D eigenvalue weighted by molar-refractivity contribution is 7.09. The molecular formula is C27H27NO7S. The minimum atomic E-state index is -0.700. The van der Waals surface area contributed by atoms with Crippen LogP contribution in [0.3, 0.4) is 0 Å². The third-order valence-electron chi connectivity index (χ3n) is 5.69. The van der Waals surface area contributed by atoms with Gasteiger partial charge in [0, 0.05) is 11.8 Å². The molecule has 1 aliphatic rings. The largest absolute Gasteiger partial charge is 0.461 e. The van der Waals surface area contributed by atoms with Gasteiger partial charge in [-0.3, -0.25) is 0 Å². The van der Waals surface area contributed by atoms with E-state index in [2.05, 4.69) is 4.98 Å². The highest BCUT2D eigenvalue weighted by Gasteiger charge is 2.41. The van der Waals surface area contributed by atoms with Crippen molar-refractivity contribution in [2.24, 2.45) is 0 Å². The molecule has 1 aliphatic heterocycles. The molecule has 0 spiro atoms. The van der Waals surface area contributed by atoms with Crippen LogP contribution in [0.4, 0.5) is 0 Å². The van der Waals surface area contributed by atoms with E-state index in [0.717, 1.165) is 11.1 Å². The summed E-state index contributed by atoms with van der Waals surface area (Å²) < 4.78 is 22.4. The van der Waals surface area contributed by atoms with Crippen LogP contribution in [0.2, 0.25) is 0 Å². The Bertz CT molecular complexity index is 1220. The molecule has 1 aromatic heterocycles. The molecule has 3 atom stereocenters. The normalized spacial score (nSPS) is 19.0. The van der Waals surface area contributed by atoms with E-state index in [0.29, 0.717) is 22.6 Å². The van der Waals surface area contributed by atoms with Crippen LogP contribution in [-0.4, -0.2) is 48.3 Å². The summed E-state index contributed by atoms with van der Waals surface area (Å²) in [5, 5.41) is 2.16. The predicted molar refractivity (Wildman–Crippen MR) is 132 cm³/mol. The highest BCUT2D eigenvalue weighted by atomic mass is 32.1. The summed E-state index contributed by atoms with van der Waals surface area (Å²) in [4.78, 5) is 41.7. The van der Waals surface area contributed by atoms with E-state index in [1.807, 2.05) is 38.1 Å². The first-order valence-electron chi connectivity index (χ1n) is 11.6. The zero-order valence-electron chi connectivity index (χ0n) is 20.3. The van der Waals surface area contributed by atoms with Gasteiger partial charge < -0.3 is 18.9 Å². The van der Waals surface area contributed by atoms with Crippen molar-refractivity contribution in [3.63, 3.8) is 0 Å². The Kier molecular flexibility index (Phi) is 8.12. The van der Waals surface area contributed by atoms with Crippen molar-refractivity contribution in [1.29, 1.82) is 0 Å². The zero-order chi connectivity index (χ0) is 25.7. The molecule has 1 fully saturated rings. The molecule has 0 N–H and O–H groups in total. The molecule has 3 aromatic rings. The van der Waals surface area contributed by atoms with Crippen LogP contribution in [-0.2, 0) is 18.9 Å². The van der Waals surface area contributed by atoms with E-state index in [-0.39, 0.29) is 18.9 Å². The molecule has 2 heterocycles. The molecule has 8 nitrogen and oxygen atoms in total. The minimum Gasteiger partial charge on any atom is -0.461 e. The Morgan fingerprint density at radius 1 is 0.917 bits per heavy atom. The van der Waals surface area contributed by atoms with Gasteiger partial charge in [-0.1, -0.05) is 35.4 Å². The lowest BCUT2D eigenvalue weighted by atomic mass is 10.1. The van der Waals surface area contributed by atoms with E-state index in [1.165, 1.54) is 11.3 Å². The number of aromatic nitrogens is 1. The van der Waals surface area contributed by atoms with Crippen LogP contribution >= 0.6 is 11.3 Å². The van der Waals surface area contributed by atoms with Crippen LogP contribution in [0.5, 0.6) is 0 Å². The van der Waals surface area contributed by atoms with Crippen molar-refractivity contribution in [2.75, 3.05) is 13.2 Å². The van der Waals surface area contributed by atoms with Gasteiger partial charge >= 0.3 is 17.9 Å². The summed E-state index contributed by atoms with van der Waals surface area (Å²) >= 11 is 1.26. The Balaban J connectivity index is 1.48. The molecule has 4 rings (SSSR count). The summed E-state index contributed by atoms with van der Waals surface area (Å²) in [6.45, 7) is 5.73. The standard InChI is InChI=1S/C27H27NO7S/c1-4-32-27(31)20-15-36-24(28-20)22-13-21(35-26(30)19-11-7-17(3)8-12-19)23(34-22)14-33-25(29)18-9-5-16(2)6-10-18/h5-12,15,21-23H,4,13-14H2,1-3H3/t21-,22+,23+/m0/s1. The Hall–Kier alpha value is -3.56. The van der Waals surface area contributed by atoms with Crippen LogP contribution in [0.25, 0.3) is 0 Å². The van der Waals surface area contributed by atoms with Crippen LogP contribution in [0.1, 0.15) is 66.8 Å². The van der Waals surface area contributed by atoms with E-state index < -0.39 is 36.2 Å². The van der Waals surface area contributed by atoms with Gasteiger partial charge in [-0.05, 0) is 45.0 Å². The fraction of sp³-hybridized carbons (Fsp3) is 0.333. The average Bonchev–Trinajstić information content (AvgIpc) is 3.51. The van der Waals surface area contributed by atoms with Gasteiger partial charge in [0.1, 0.15) is 29.9 Å². The number of benzene rings is 2. The second kappa shape index (κ2) is 11.5. The van der Waals surface area contributed by atoms with Gasteiger partial charge in [-0.2, -0.15) is 0 Å². The van der Waals surface area contributed by atoms with Crippen molar-refractivity contribution in [3.05, 3.63) is 86.9 Å². The van der Waals surface area contributed by atoms with Crippen molar-refractivity contribution in [2.45, 2.75) is 45.5 Å². The number of ether oxygens (including phenoxy) is 4. The molecule has 188 valence electrons. The van der Waals surface area contributed by atoms with Gasteiger partial charge in [0.05, 0.1) is 17.7 Å². The number of thiazole rings is 1. The number of hydrogen-bond acceptors (Lipinski definition) is 9. The summed E-state index contributed by atoms with van der Waals surface area (Å²) in [7, 11) is 0. The summed E-state index contributed by atoms with van der Waals surface area (Å²) in [5.41, 5.74) is 3.09. The molecule has 0 bridgehead atoms. The fourth-order valence-electron chi connectivity index (χ4n) is 3.71. The molecule has 0 saturated carbocycles. The summed E-state index contributed by atoms with van der Waals surface area (Å²) in [6, 6.07) is 14.1. The molecular weight excluding hydrogens is 482 g/mol. The van der Waals surface area contributed by atoms with E-state index in [1.54, 1.807) is 36.6 Å². The number of carbonyl (C=O) groups excluding carboxylic acids is 3. The van der Waals surface area contributed by atoms with Crippen LogP contribution < -0.4 is 0 Å². The SMILES string of the molecule is CCOC(=O)c1csc([C@H]2C[C@H](OC(=O)c3ccc(C)cc3)[C@@H](COC(=O)c3ccc(C)cc3)O2)n1. The number of hydrogen-bond donors (Lipinski definition) is 0. The topological polar surface area (TPSA) is 101 Å². The first-order valence-corrected chi connectivity index (χ1v) is 12.5. The highest BCUT2D eigenvalue weighted by Crippen LogP contribution is 2.37. The lowest BCUT2D eigenvalue weighted by Gasteiger charge is -2.19. The molecule has 36 heavy (non-hydrogen) atoms. The molecule has 0 amide bonds. The minimum absolute atomic E-state index is 0.106. The molecule has 0 radical (unpaired) electrons. The second-order valence-electron chi connectivity index (χ2n) is 8.46. The second-order valence-corrected chi connectivity index (χ2v) is 9.35. The molecule has 0 aliphatic carbocycles. The first kappa shape index (κ1) is 25.5. The number of carbonyl (C=O) groups is 3. The lowest BCUT2D eigenvalue weighted by Crippen LogP contribution is -2.32. The van der Waals surface area contributed by atoms with Crippen molar-refractivity contribution >= 4 is 29.2 Å². The van der Waals surface area contributed by atoms with E-state index in [4.69, 9.17) is 18.9 Å². The van der Waals surface area contributed by atoms with E-state index >= 15 is 0 Å². The fourth-order valence-corrected chi connectivity index (χ4v) is 4.54. The summed E-state index contributed by atoms with van der Waals surface area (Å²) in [5.74, 6) is -1.50. The maximum Gasteiger partial charge on any atom is 0.357 e. The van der Waals surface area contributed by atoms with Gasteiger partial charge in [0.25, 0.3) is 0 Å². The number of rotatable bonds is 8. The van der Waals surface area contributed by atoms with Crippen molar-refractivity contribution in [1.82, 2.24) is 4.98 Å². The molecule has 1 saturated heterocycles. The Morgan fingerprint density at radius 3 is 2.14 bits per heavy atom.